The van der Waals surface area contributed by atoms with Gasteiger partial charge in [0.05, 0.1) is 46.6 Å². The summed E-state index contributed by atoms with van der Waals surface area (Å²) in [5.41, 5.74) is 1.31. The number of anilines is 2. The van der Waals surface area contributed by atoms with Crippen LogP contribution in [-0.2, 0) is 22.8 Å². The van der Waals surface area contributed by atoms with Crippen molar-refractivity contribution in [3.63, 3.8) is 0 Å². The maximum atomic E-state index is 14.0. The molecule has 2 aliphatic heterocycles. The Morgan fingerprint density at radius 1 is 1.00 bits per heavy atom. The van der Waals surface area contributed by atoms with Gasteiger partial charge < -0.3 is 19.9 Å². The molecule has 3 aliphatic rings. The highest BCUT2D eigenvalue weighted by molar-refractivity contribution is 6.06. The van der Waals surface area contributed by atoms with Crippen molar-refractivity contribution < 1.29 is 36.7 Å². The van der Waals surface area contributed by atoms with Crippen LogP contribution < -0.4 is 26.0 Å². The molecule has 1 saturated carbocycles. The highest BCUT2D eigenvalue weighted by Crippen LogP contribution is 2.37. The Morgan fingerprint density at radius 2 is 1.75 bits per heavy atom. The molecule has 3 fully saturated rings. The number of aromatic nitrogens is 4. The quantitative estimate of drug-likeness (QED) is 0.129. The van der Waals surface area contributed by atoms with Gasteiger partial charge in [0.25, 0.3) is 5.91 Å². The highest BCUT2D eigenvalue weighted by atomic mass is 19.4. The molecule has 2 aromatic heterocycles. The van der Waals surface area contributed by atoms with Crippen molar-refractivity contribution in [2.45, 2.75) is 75.7 Å². The fourth-order valence-corrected chi connectivity index (χ4v) is 9.20. The van der Waals surface area contributed by atoms with E-state index in [0.717, 1.165) is 80.8 Å². The van der Waals surface area contributed by atoms with Crippen LogP contribution in [0.2, 0.25) is 0 Å². The molecule has 312 valence electrons. The molecular weight excluding hydrogens is 773 g/mol. The average Bonchev–Trinajstić information content (AvgIpc) is 3.74. The van der Waals surface area contributed by atoms with Crippen LogP contribution in [0.4, 0.5) is 28.9 Å². The first kappa shape index (κ1) is 40.1. The zero-order valence-electron chi connectivity index (χ0n) is 33.0. The molecule has 3 aromatic carbocycles. The second-order valence-corrected chi connectivity index (χ2v) is 16.1. The molecule has 1 unspecified atom stereocenters. The van der Waals surface area contributed by atoms with E-state index in [2.05, 4.69) is 27.5 Å². The number of imidazole rings is 1. The largest absolute Gasteiger partial charge is 0.494 e. The van der Waals surface area contributed by atoms with Gasteiger partial charge in [-0.05, 0) is 94.3 Å². The molecule has 3 amide bonds. The number of fused-ring (bicyclic) bond motifs is 2. The summed E-state index contributed by atoms with van der Waals surface area (Å²) in [7, 11) is 5.34. The van der Waals surface area contributed by atoms with E-state index < -0.39 is 41.0 Å². The summed E-state index contributed by atoms with van der Waals surface area (Å²) >= 11 is 0. The number of alkyl halides is 3. The highest BCUT2D eigenvalue weighted by Gasteiger charge is 2.34. The summed E-state index contributed by atoms with van der Waals surface area (Å²) in [6, 6.07) is 10.7. The molecule has 1 atom stereocenters. The monoisotopic (exact) mass is 818 g/mol. The van der Waals surface area contributed by atoms with Crippen molar-refractivity contribution in [2.75, 3.05) is 44.0 Å². The van der Waals surface area contributed by atoms with E-state index in [1.807, 2.05) is 29.1 Å². The van der Waals surface area contributed by atoms with Gasteiger partial charge >= 0.3 is 11.9 Å². The molecule has 0 bridgehead atoms. The number of carbonyl (C=O) groups excluding carboxylic acids is 3. The molecule has 2 saturated heterocycles. The number of aryl methyl sites for hydroxylation is 1. The van der Waals surface area contributed by atoms with Crippen molar-refractivity contribution in [1.82, 2.24) is 29.1 Å². The Hall–Kier alpha value is -5.71. The minimum absolute atomic E-state index is 0.174. The number of hydrogen-bond donors (Lipinski definition) is 2. The Morgan fingerprint density at radius 3 is 2.44 bits per heavy atom. The summed E-state index contributed by atoms with van der Waals surface area (Å²) in [4.78, 5) is 55.7. The van der Waals surface area contributed by atoms with Crippen molar-refractivity contribution in [1.29, 1.82) is 0 Å². The number of hydrogen-bond acceptors (Lipinski definition) is 8. The van der Waals surface area contributed by atoms with Gasteiger partial charge in [0, 0.05) is 62.4 Å². The SMILES string of the molecule is COc1cc2nn(C3CCC(CN(C)C4CCN(c5cccc6c5n(C)c(=O)n6C5CCC(=O)NC5=O)CC4)CC3)cc2cc1NC(=O)c1cc(F)cc(C(F)(F)F)c1. The molecular formula is C42H46F4N8O5. The lowest BCUT2D eigenvalue weighted by Gasteiger charge is -2.40. The van der Waals surface area contributed by atoms with E-state index in [-0.39, 0.29) is 41.9 Å². The lowest BCUT2D eigenvalue weighted by Crippen LogP contribution is -2.45. The summed E-state index contributed by atoms with van der Waals surface area (Å²) in [6.07, 6.45) is 3.44. The Labute approximate surface area is 336 Å². The molecule has 17 heteroatoms. The number of imide groups is 1. The fourth-order valence-electron chi connectivity index (χ4n) is 9.20. The number of rotatable bonds is 9. The number of piperidine rings is 2. The normalized spacial score (nSPS) is 20.7. The topological polar surface area (TPSA) is 136 Å². The number of para-hydroxylation sites is 1. The summed E-state index contributed by atoms with van der Waals surface area (Å²) in [6.45, 7) is 2.63. The van der Waals surface area contributed by atoms with Gasteiger partial charge in [-0.25, -0.2) is 9.18 Å². The molecule has 5 aromatic rings. The van der Waals surface area contributed by atoms with Crippen molar-refractivity contribution in [2.24, 2.45) is 13.0 Å². The van der Waals surface area contributed by atoms with Gasteiger partial charge in [0.15, 0.2) is 0 Å². The first-order valence-corrected chi connectivity index (χ1v) is 19.9. The van der Waals surface area contributed by atoms with Crippen LogP contribution in [0.1, 0.15) is 79.4 Å². The molecule has 1 aliphatic carbocycles. The maximum Gasteiger partial charge on any atom is 0.416 e. The van der Waals surface area contributed by atoms with E-state index in [9.17, 15) is 36.7 Å². The zero-order chi connectivity index (χ0) is 41.7. The molecule has 2 N–H and O–H groups in total. The van der Waals surface area contributed by atoms with Crippen molar-refractivity contribution in [3.05, 3.63) is 82.2 Å². The van der Waals surface area contributed by atoms with Gasteiger partial charge in [-0.2, -0.15) is 18.3 Å². The molecule has 59 heavy (non-hydrogen) atoms. The third-order valence-electron chi connectivity index (χ3n) is 12.3. The van der Waals surface area contributed by atoms with Gasteiger partial charge in [-0.1, -0.05) is 6.07 Å². The third kappa shape index (κ3) is 7.91. The molecule has 0 radical (unpaired) electrons. The molecule has 8 rings (SSSR count). The zero-order valence-corrected chi connectivity index (χ0v) is 33.0. The summed E-state index contributed by atoms with van der Waals surface area (Å²) < 4.78 is 64.3. The lowest BCUT2D eigenvalue weighted by atomic mass is 9.85. The van der Waals surface area contributed by atoms with Crippen LogP contribution >= 0.6 is 0 Å². The van der Waals surface area contributed by atoms with Crippen LogP contribution in [0.25, 0.3) is 21.9 Å². The fraction of sp³-hybridized carbons (Fsp3) is 0.452. The second kappa shape index (κ2) is 15.8. The van der Waals surface area contributed by atoms with E-state index in [0.29, 0.717) is 35.1 Å². The third-order valence-corrected chi connectivity index (χ3v) is 12.3. The Bertz CT molecular complexity index is 2490. The van der Waals surface area contributed by atoms with Crippen molar-refractivity contribution >= 4 is 51.0 Å². The van der Waals surface area contributed by atoms with Gasteiger partial charge in [-0.3, -0.25) is 33.5 Å². The predicted octanol–water partition coefficient (Wildman–Crippen LogP) is 6.42. The smallest absolute Gasteiger partial charge is 0.416 e. The van der Waals surface area contributed by atoms with Crippen molar-refractivity contribution in [3.8, 4) is 5.75 Å². The van der Waals surface area contributed by atoms with Crippen LogP contribution in [0, 0.1) is 11.7 Å². The summed E-state index contributed by atoms with van der Waals surface area (Å²) in [5, 5.41) is 10.5. The van der Waals surface area contributed by atoms with E-state index in [4.69, 9.17) is 9.84 Å². The minimum Gasteiger partial charge on any atom is -0.494 e. The van der Waals surface area contributed by atoms with E-state index in [1.54, 1.807) is 23.7 Å². The second-order valence-electron chi connectivity index (χ2n) is 16.1. The van der Waals surface area contributed by atoms with E-state index in [1.165, 1.54) is 11.7 Å². The molecule has 4 heterocycles. The van der Waals surface area contributed by atoms with Crippen LogP contribution in [0.3, 0.4) is 0 Å². The van der Waals surface area contributed by atoms with E-state index >= 15 is 0 Å². The Kier molecular flexibility index (Phi) is 10.7. The lowest BCUT2D eigenvalue weighted by molar-refractivity contribution is -0.138. The number of ether oxygens (including phenoxy) is 1. The number of methoxy groups -OCH3 is 1. The van der Waals surface area contributed by atoms with Crippen LogP contribution in [0.5, 0.6) is 5.75 Å². The predicted molar refractivity (Wildman–Crippen MR) is 213 cm³/mol. The Balaban J connectivity index is 0.869. The van der Waals surface area contributed by atoms with Gasteiger partial charge in [0.1, 0.15) is 17.6 Å². The molecule has 13 nitrogen and oxygen atoms in total. The van der Waals surface area contributed by atoms with Crippen LogP contribution in [0.15, 0.2) is 59.5 Å². The maximum absolute atomic E-state index is 14.0. The number of nitrogens with one attached hydrogen (secondary N) is 2. The number of carbonyl (C=O) groups is 3. The molecule has 0 spiro atoms. The standard InChI is InChI=1S/C42H46F4N8O5/c1-50(29-13-15-52(16-14-29)33-5-4-6-34-38(33)51(2)41(58)54(34)35-11-12-37(55)48-40(35)57)22-24-7-9-30(10-8-24)53-23-26-19-32(36(59-3)21-31(26)49-53)47-39(56)25-17-27(42(44,45)46)20-28(43)18-25/h4-6,17-21,23-24,29-30,35H,7-16,22H2,1-3H3,(H,47,56)(H,48,55,57). The van der Waals surface area contributed by atoms with Gasteiger partial charge in [0.2, 0.25) is 11.8 Å². The average molecular weight is 819 g/mol. The van der Waals surface area contributed by atoms with Crippen LogP contribution in [-0.4, -0.2) is 81.4 Å². The number of halogens is 4. The number of benzene rings is 3. The minimum atomic E-state index is -4.81. The van der Waals surface area contributed by atoms with Gasteiger partial charge in [-0.15, -0.1) is 0 Å². The number of amides is 3. The first-order chi connectivity index (χ1) is 28.2. The number of nitrogens with zero attached hydrogens (tertiary/aromatic N) is 6. The summed E-state index contributed by atoms with van der Waals surface area (Å²) in [5.74, 6) is -2.04. The first-order valence-electron chi connectivity index (χ1n) is 19.9.